The van der Waals surface area contributed by atoms with Gasteiger partial charge >= 0.3 is 0 Å². The summed E-state index contributed by atoms with van der Waals surface area (Å²) in [5, 5.41) is 2.93. The number of hydrogen-bond donors (Lipinski definition) is 1. The van der Waals surface area contributed by atoms with Crippen molar-refractivity contribution >= 4 is 16.9 Å². The summed E-state index contributed by atoms with van der Waals surface area (Å²) in [6.45, 7) is 1.16. The van der Waals surface area contributed by atoms with Crippen LogP contribution in [0.15, 0.2) is 79.0 Å². The maximum absolute atomic E-state index is 12.3. The highest BCUT2D eigenvalue weighted by atomic mass is 16.1. The molecule has 0 aliphatic rings. The smallest absolute Gasteiger partial charge is 0.270 e. The van der Waals surface area contributed by atoms with Crippen molar-refractivity contribution in [3.8, 4) is 0 Å². The zero-order valence-electron chi connectivity index (χ0n) is 14.9. The van der Waals surface area contributed by atoms with Gasteiger partial charge in [0, 0.05) is 12.7 Å². The highest BCUT2D eigenvalue weighted by Crippen LogP contribution is 2.17. The molecule has 4 rings (SSSR count). The van der Waals surface area contributed by atoms with Crippen molar-refractivity contribution in [1.29, 1.82) is 0 Å². The van der Waals surface area contributed by atoms with Crippen molar-refractivity contribution < 1.29 is 4.79 Å². The van der Waals surface area contributed by atoms with E-state index in [0.29, 0.717) is 12.2 Å². The van der Waals surface area contributed by atoms with Gasteiger partial charge in [0.25, 0.3) is 5.91 Å². The van der Waals surface area contributed by atoms with Crippen LogP contribution < -0.4 is 5.32 Å². The van der Waals surface area contributed by atoms with Crippen molar-refractivity contribution in [3.63, 3.8) is 0 Å². The van der Waals surface area contributed by atoms with E-state index in [2.05, 4.69) is 45.2 Å². The summed E-state index contributed by atoms with van der Waals surface area (Å²) >= 11 is 0. The number of pyridine rings is 1. The number of amides is 1. The molecule has 2 aromatic heterocycles. The summed E-state index contributed by atoms with van der Waals surface area (Å²) in [5.41, 5.74) is 3.70. The van der Waals surface area contributed by atoms with Crippen LogP contribution in [0.1, 0.15) is 21.9 Å². The molecule has 1 amide bonds. The van der Waals surface area contributed by atoms with Gasteiger partial charge in [-0.15, -0.1) is 0 Å². The van der Waals surface area contributed by atoms with Crippen LogP contribution in [-0.2, 0) is 19.5 Å². The summed E-state index contributed by atoms with van der Waals surface area (Å²) in [6.07, 6.45) is 2.52. The molecule has 2 heterocycles. The Morgan fingerprint density at radius 1 is 0.926 bits per heavy atom. The average molecular weight is 356 g/mol. The fourth-order valence-corrected chi connectivity index (χ4v) is 3.14. The van der Waals surface area contributed by atoms with Crippen LogP contribution in [0.2, 0.25) is 0 Å². The Morgan fingerprint density at radius 2 is 1.70 bits per heavy atom. The van der Waals surface area contributed by atoms with Crippen LogP contribution in [0.25, 0.3) is 11.0 Å². The maximum atomic E-state index is 12.3. The minimum absolute atomic E-state index is 0.197. The van der Waals surface area contributed by atoms with Crippen LogP contribution in [0.4, 0.5) is 0 Å². The van der Waals surface area contributed by atoms with Crippen molar-refractivity contribution in [2.24, 2.45) is 0 Å². The highest BCUT2D eigenvalue weighted by Gasteiger charge is 2.13. The molecule has 0 atom stereocenters. The second-order valence-electron chi connectivity index (χ2n) is 6.30. The van der Waals surface area contributed by atoms with Gasteiger partial charge in [-0.1, -0.05) is 48.5 Å². The van der Waals surface area contributed by atoms with Gasteiger partial charge < -0.3 is 9.88 Å². The number of rotatable bonds is 6. The minimum Gasteiger partial charge on any atom is -0.343 e. The lowest BCUT2D eigenvalue weighted by molar-refractivity contribution is 0.0944. The summed E-state index contributed by atoms with van der Waals surface area (Å²) in [6, 6.07) is 23.7. The number of nitrogens with one attached hydrogen (secondary N) is 1. The Balaban J connectivity index is 1.55. The molecule has 4 aromatic rings. The first kappa shape index (κ1) is 17.0. The largest absolute Gasteiger partial charge is 0.343 e. The van der Waals surface area contributed by atoms with Gasteiger partial charge in [-0.2, -0.15) is 0 Å². The molecule has 1 N–H and O–H groups in total. The zero-order chi connectivity index (χ0) is 18.5. The molecule has 2 aromatic carbocycles. The van der Waals surface area contributed by atoms with Crippen LogP contribution in [0.3, 0.4) is 0 Å². The number of fused-ring (bicyclic) bond motifs is 1. The molecule has 0 spiro atoms. The molecule has 0 saturated carbocycles. The number of nitrogens with zero attached hydrogens (tertiary/aromatic N) is 3. The van der Waals surface area contributed by atoms with Crippen molar-refractivity contribution in [1.82, 2.24) is 19.9 Å². The maximum Gasteiger partial charge on any atom is 0.270 e. The summed E-state index contributed by atoms with van der Waals surface area (Å²) < 4.78 is 2.18. The van der Waals surface area contributed by atoms with Crippen molar-refractivity contribution in [2.75, 3.05) is 0 Å². The molecule has 0 bridgehead atoms. The zero-order valence-corrected chi connectivity index (χ0v) is 14.9. The second-order valence-corrected chi connectivity index (χ2v) is 6.30. The van der Waals surface area contributed by atoms with E-state index in [-0.39, 0.29) is 5.91 Å². The molecule has 5 heteroatoms. The predicted molar refractivity (Wildman–Crippen MR) is 105 cm³/mol. The van der Waals surface area contributed by atoms with E-state index >= 15 is 0 Å². The number of imidazole rings is 1. The van der Waals surface area contributed by atoms with Gasteiger partial charge in [0.15, 0.2) is 0 Å². The number of hydrogen-bond acceptors (Lipinski definition) is 3. The monoisotopic (exact) mass is 356 g/mol. The Kier molecular flexibility index (Phi) is 4.92. The fourth-order valence-electron chi connectivity index (χ4n) is 3.14. The third-order valence-electron chi connectivity index (χ3n) is 4.51. The second kappa shape index (κ2) is 7.83. The van der Waals surface area contributed by atoms with Gasteiger partial charge in [0.2, 0.25) is 0 Å². The van der Waals surface area contributed by atoms with Gasteiger partial charge in [-0.25, -0.2) is 4.98 Å². The van der Waals surface area contributed by atoms with Gasteiger partial charge in [-0.05, 0) is 36.2 Å². The van der Waals surface area contributed by atoms with E-state index in [9.17, 15) is 4.79 Å². The minimum atomic E-state index is -0.197. The molecule has 0 aliphatic heterocycles. The lowest BCUT2D eigenvalue weighted by Crippen LogP contribution is -2.25. The Bertz CT molecular complexity index is 1040. The number of aromatic nitrogens is 3. The van der Waals surface area contributed by atoms with E-state index in [1.54, 1.807) is 24.4 Å². The van der Waals surface area contributed by atoms with Crippen LogP contribution in [0, 0.1) is 0 Å². The number of benzene rings is 2. The van der Waals surface area contributed by atoms with E-state index in [4.69, 9.17) is 4.98 Å². The van der Waals surface area contributed by atoms with Crippen molar-refractivity contribution in [2.45, 2.75) is 19.5 Å². The highest BCUT2D eigenvalue weighted by molar-refractivity contribution is 5.92. The molecule has 0 aliphatic carbocycles. The normalized spacial score (nSPS) is 10.8. The summed E-state index contributed by atoms with van der Waals surface area (Å²) in [7, 11) is 0. The van der Waals surface area contributed by atoms with Gasteiger partial charge in [0.05, 0.1) is 17.6 Å². The Morgan fingerprint density at radius 3 is 2.52 bits per heavy atom. The third-order valence-corrected chi connectivity index (χ3v) is 4.51. The van der Waals surface area contributed by atoms with Crippen molar-refractivity contribution in [3.05, 3.63) is 96.1 Å². The van der Waals surface area contributed by atoms with E-state index in [0.717, 1.165) is 29.8 Å². The van der Waals surface area contributed by atoms with E-state index in [1.807, 2.05) is 24.3 Å². The SMILES string of the molecule is O=C(NCc1nc2ccccc2n1CCc1ccccc1)c1ccccn1. The lowest BCUT2D eigenvalue weighted by Gasteiger charge is -2.10. The quantitative estimate of drug-likeness (QED) is 0.574. The summed E-state index contributed by atoms with van der Waals surface area (Å²) in [5.74, 6) is 0.647. The Labute approximate surface area is 157 Å². The molecule has 0 radical (unpaired) electrons. The van der Waals surface area contributed by atoms with Crippen LogP contribution >= 0.6 is 0 Å². The van der Waals surface area contributed by atoms with E-state index in [1.165, 1.54) is 5.56 Å². The molecular weight excluding hydrogens is 336 g/mol. The van der Waals surface area contributed by atoms with Gasteiger partial charge in [-0.3, -0.25) is 9.78 Å². The topological polar surface area (TPSA) is 59.8 Å². The molecule has 5 nitrogen and oxygen atoms in total. The first-order valence-electron chi connectivity index (χ1n) is 8.98. The molecule has 0 fully saturated rings. The molecular formula is C22H20N4O. The van der Waals surface area contributed by atoms with Gasteiger partial charge in [0.1, 0.15) is 11.5 Å². The van der Waals surface area contributed by atoms with Crippen LogP contribution in [-0.4, -0.2) is 20.4 Å². The number of para-hydroxylation sites is 2. The van der Waals surface area contributed by atoms with E-state index < -0.39 is 0 Å². The number of aryl methyl sites for hydroxylation is 2. The molecule has 0 unspecified atom stereocenters. The first-order chi connectivity index (χ1) is 13.3. The average Bonchev–Trinajstić information content (AvgIpc) is 3.09. The fraction of sp³-hybridized carbons (Fsp3) is 0.136. The summed E-state index contributed by atoms with van der Waals surface area (Å²) in [4.78, 5) is 21.1. The predicted octanol–water partition coefficient (Wildman–Crippen LogP) is 3.60. The molecule has 27 heavy (non-hydrogen) atoms. The lowest BCUT2D eigenvalue weighted by atomic mass is 10.1. The number of carbonyl (C=O) groups is 1. The standard InChI is InChI=1S/C22H20N4O/c27-22(19-11-6-7-14-23-19)24-16-21-25-18-10-4-5-12-20(18)26(21)15-13-17-8-2-1-3-9-17/h1-12,14H,13,15-16H2,(H,24,27). The number of carbonyl (C=O) groups excluding carboxylic acids is 1. The Hall–Kier alpha value is -3.47. The molecule has 0 saturated heterocycles. The first-order valence-corrected chi connectivity index (χ1v) is 8.98. The van der Waals surface area contributed by atoms with Crippen LogP contribution in [0.5, 0.6) is 0 Å². The molecule has 134 valence electrons. The third kappa shape index (κ3) is 3.87.